The Labute approximate surface area is 117 Å². The molecule has 0 heterocycles. The number of hydrogen-bond donors (Lipinski definition) is 1. The molecule has 1 N–H and O–H groups in total. The zero-order chi connectivity index (χ0) is 14.5. The lowest BCUT2D eigenvalue weighted by Crippen LogP contribution is -2.13. The lowest BCUT2D eigenvalue weighted by Gasteiger charge is -2.24. The van der Waals surface area contributed by atoms with E-state index in [2.05, 4.69) is 40.7 Å². The molecule has 4 heteroatoms. The summed E-state index contributed by atoms with van der Waals surface area (Å²) >= 11 is 0. The summed E-state index contributed by atoms with van der Waals surface area (Å²) in [5.74, 6) is 0.711. The highest BCUT2D eigenvalue weighted by Crippen LogP contribution is 2.40. The molecule has 0 aliphatic rings. The summed E-state index contributed by atoms with van der Waals surface area (Å²) < 4.78 is 10.9. The summed E-state index contributed by atoms with van der Waals surface area (Å²) in [6.45, 7) is 11.1. The van der Waals surface area contributed by atoms with Crippen molar-refractivity contribution in [3.8, 4) is 5.75 Å². The maximum absolute atomic E-state index is 9.81. The Kier molecular flexibility index (Phi) is 6.25. The van der Waals surface area contributed by atoms with Crippen molar-refractivity contribution in [3.05, 3.63) is 29.3 Å². The number of benzene rings is 1. The monoisotopic (exact) mass is 284 g/mol. The Morgan fingerprint density at radius 3 is 2.53 bits per heavy atom. The van der Waals surface area contributed by atoms with Gasteiger partial charge in [0.1, 0.15) is 5.75 Å². The first-order valence-electron chi connectivity index (χ1n) is 6.75. The molecule has 0 saturated carbocycles. The number of aryl methyl sites for hydroxylation is 1. The second kappa shape index (κ2) is 7.23. The topological polar surface area (TPSA) is 38.7 Å². The van der Waals surface area contributed by atoms with Gasteiger partial charge < -0.3 is 13.9 Å². The third-order valence-electron chi connectivity index (χ3n) is 2.82. The summed E-state index contributed by atoms with van der Waals surface area (Å²) in [5.41, 5.74) is 2.25. The van der Waals surface area contributed by atoms with E-state index in [1.54, 1.807) is 0 Å². The van der Waals surface area contributed by atoms with E-state index in [0.717, 1.165) is 18.4 Å². The van der Waals surface area contributed by atoms with E-state index >= 15 is 0 Å². The van der Waals surface area contributed by atoms with Gasteiger partial charge in [-0.1, -0.05) is 51.8 Å². The van der Waals surface area contributed by atoms with Crippen LogP contribution in [0.3, 0.4) is 0 Å². The lowest BCUT2D eigenvalue weighted by atomic mass is 9.85. The van der Waals surface area contributed by atoms with Gasteiger partial charge in [-0.2, -0.15) is 0 Å². The first-order chi connectivity index (χ1) is 8.84. The molecular formula is C15H25O3P. The van der Waals surface area contributed by atoms with Crippen LogP contribution in [0.25, 0.3) is 0 Å². The zero-order valence-electron chi connectivity index (χ0n) is 12.6. The highest BCUT2D eigenvalue weighted by atomic mass is 31.2. The van der Waals surface area contributed by atoms with Gasteiger partial charge in [0.2, 0.25) is 0 Å². The predicted octanol–water partition coefficient (Wildman–Crippen LogP) is 4.71. The fraction of sp³-hybridized carbons (Fsp3) is 0.600. The van der Waals surface area contributed by atoms with Gasteiger partial charge in [-0.3, -0.25) is 0 Å². The molecule has 0 aromatic heterocycles. The standard InChI is InChI=1S/C15H25O3P/c1-6-7-10-17-19(16)18-14-9-8-12(2)11-13(14)15(3,4)5/h8-9,11,16H,6-7,10H2,1-5H3. The Balaban J connectivity index is 2.77. The third-order valence-corrected chi connectivity index (χ3v) is 3.58. The van der Waals surface area contributed by atoms with E-state index in [-0.39, 0.29) is 5.41 Å². The van der Waals surface area contributed by atoms with Gasteiger partial charge in [0.15, 0.2) is 0 Å². The van der Waals surface area contributed by atoms with E-state index in [4.69, 9.17) is 9.05 Å². The van der Waals surface area contributed by atoms with Crippen LogP contribution in [0, 0.1) is 6.92 Å². The zero-order valence-corrected chi connectivity index (χ0v) is 13.5. The van der Waals surface area contributed by atoms with Crippen molar-refractivity contribution >= 4 is 8.60 Å². The van der Waals surface area contributed by atoms with Crippen LogP contribution >= 0.6 is 8.60 Å². The Morgan fingerprint density at radius 1 is 1.26 bits per heavy atom. The summed E-state index contributed by atoms with van der Waals surface area (Å²) in [7, 11) is -1.84. The van der Waals surface area contributed by atoms with Gasteiger partial charge in [-0.15, -0.1) is 0 Å². The first-order valence-corrected chi connectivity index (χ1v) is 7.88. The second-order valence-electron chi connectivity index (χ2n) is 5.77. The Bertz CT molecular complexity index is 399. The molecule has 0 bridgehead atoms. The number of hydrogen-bond acceptors (Lipinski definition) is 3. The largest absolute Gasteiger partial charge is 0.427 e. The van der Waals surface area contributed by atoms with E-state index < -0.39 is 8.60 Å². The van der Waals surface area contributed by atoms with Crippen molar-refractivity contribution in [2.75, 3.05) is 6.61 Å². The van der Waals surface area contributed by atoms with Crippen LogP contribution in [0.5, 0.6) is 5.75 Å². The summed E-state index contributed by atoms with van der Waals surface area (Å²) in [4.78, 5) is 9.81. The summed E-state index contributed by atoms with van der Waals surface area (Å²) in [5, 5.41) is 0. The van der Waals surface area contributed by atoms with E-state index in [9.17, 15) is 4.89 Å². The third kappa shape index (κ3) is 5.48. The molecular weight excluding hydrogens is 259 g/mol. The average molecular weight is 284 g/mol. The molecule has 0 fully saturated rings. The fourth-order valence-corrected chi connectivity index (χ4v) is 2.37. The van der Waals surface area contributed by atoms with E-state index in [1.807, 2.05) is 12.1 Å². The van der Waals surface area contributed by atoms with Gasteiger partial charge in [0.05, 0.1) is 6.61 Å². The van der Waals surface area contributed by atoms with Crippen molar-refractivity contribution in [2.24, 2.45) is 0 Å². The Morgan fingerprint density at radius 2 is 1.95 bits per heavy atom. The Hall–Kier alpha value is -0.630. The molecule has 19 heavy (non-hydrogen) atoms. The van der Waals surface area contributed by atoms with E-state index in [0.29, 0.717) is 12.4 Å². The van der Waals surface area contributed by atoms with Crippen molar-refractivity contribution in [3.63, 3.8) is 0 Å². The molecule has 0 spiro atoms. The molecule has 0 amide bonds. The van der Waals surface area contributed by atoms with Crippen LogP contribution in [0.2, 0.25) is 0 Å². The molecule has 1 rings (SSSR count). The minimum absolute atomic E-state index is 0.0268. The van der Waals surface area contributed by atoms with Crippen LogP contribution in [0.4, 0.5) is 0 Å². The van der Waals surface area contributed by atoms with Crippen molar-refractivity contribution in [2.45, 2.75) is 52.9 Å². The second-order valence-corrected chi connectivity index (χ2v) is 6.68. The molecule has 1 aromatic carbocycles. The van der Waals surface area contributed by atoms with E-state index in [1.165, 1.54) is 5.56 Å². The lowest BCUT2D eigenvalue weighted by molar-refractivity contribution is 0.255. The molecule has 3 nitrogen and oxygen atoms in total. The van der Waals surface area contributed by atoms with Crippen LogP contribution in [0.15, 0.2) is 18.2 Å². The maximum atomic E-state index is 9.81. The number of rotatable bonds is 6. The van der Waals surface area contributed by atoms with Crippen LogP contribution in [-0.2, 0) is 9.94 Å². The van der Waals surface area contributed by atoms with Crippen LogP contribution < -0.4 is 4.52 Å². The average Bonchev–Trinajstić information content (AvgIpc) is 2.30. The van der Waals surface area contributed by atoms with Crippen molar-refractivity contribution in [1.82, 2.24) is 0 Å². The van der Waals surface area contributed by atoms with Crippen molar-refractivity contribution in [1.29, 1.82) is 0 Å². The highest BCUT2D eigenvalue weighted by Gasteiger charge is 2.21. The summed E-state index contributed by atoms with van der Waals surface area (Å²) in [6.07, 6.45) is 1.98. The molecule has 0 aliphatic heterocycles. The minimum atomic E-state index is -1.84. The highest BCUT2D eigenvalue weighted by molar-refractivity contribution is 7.41. The molecule has 0 saturated heterocycles. The van der Waals surface area contributed by atoms with Gasteiger partial charge in [-0.25, -0.2) is 0 Å². The van der Waals surface area contributed by atoms with Crippen molar-refractivity contribution < 1.29 is 13.9 Å². The SMILES string of the molecule is CCCCOP(O)Oc1ccc(C)cc1C(C)(C)C. The molecule has 1 aromatic rings. The normalized spacial score (nSPS) is 13.4. The predicted molar refractivity (Wildman–Crippen MR) is 80.5 cm³/mol. The smallest absolute Gasteiger partial charge is 0.394 e. The molecule has 1 unspecified atom stereocenters. The van der Waals surface area contributed by atoms with Gasteiger partial charge in [-0.05, 0) is 24.8 Å². The molecule has 0 radical (unpaired) electrons. The quantitative estimate of drug-likeness (QED) is 0.607. The summed E-state index contributed by atoms with van der Waals surface area (Å²) in [6, 6.07) is 6.00. The first kappa shape index (κ1) is 16.4. The van der Waals surface area contributed by atoms with Crippen LogP contribution in [0.1, 0.15) is 51.7 Å². The van der Waals surface area contributed by atoms with Gasteiger partial charge in [0.25, 0.3) is 0 Å². The maximum Gasteiger partial charge on any atom is 0.394 e. The van der Waals surface area contributed by atoms with Crippen LogP contribution in [-0.4, -0.2) is 11.5 Å². The number of unbranched alkanes of at least 4 members (excludes halogenated alkanes) is 1. The van der Waals surface area contributed by atoms with Gasteiger partial charge in [0, 0.05) is 5.56 Å². The molecule has 0 aliphatic carbocycles. The van der Waals surface area contributed by atoms with Gasteiger partial charge >= 0.3 is 8.60 Å². The fourth-order valence-electron chi connectivity index (χ4n) is 1.71. The molecule has 108 valence electrons. The minimum Gasteiger partial charge on any atom is -0.427 e. The molecule has 1 atom stereocenters.